The largest absolute Gasteiger partial charge is 0.463 e. The molecule has 6 fully saturated rings. The normalized spacial score (nSPS) is 43.8. The second kappa shape index (κ2) is 33.5. The van der Waals surface area contributed by atoms with E-state index in [1.54, 1.807) is 6.92 Å². The molecule has 35 nitrogen and oxygen atoms in total. The molecule has 6 saturated heterocycles. The van der Waals surface area contributed by atoms with Gasteiger partial charge in [-0.1, -0.05) is 13.8 Å². The summed E-state index contributed by atoms with van der Waals surface area (Å²) in [4.78, 5) is 36.2. The van der Waals surface area contributed by atoms with Crippen LogP contribution in [0.3, 0.4) is 0 Å². The zero-order chi connectivity index (χ0) is 63.4. The quantitative estimate of drug-likeness (QED) is 0.0255. The summed E-state index contributed by atoms with van der Waals surface area (Å²) < 4.78 is 81.5. The molecule has 1 amide bonds. The van der Waals surface area contributed by atoms with Crippen LogP contribution in [0.5, 0.6) is 0 Å². The van der Waals surface area contributed by atoms with Gasteiger partial charge >= 0.3 is 11.9 Å². The van der Waals surface area contributed by atoms with Gasteiger partial charge in [0.15, 0.2) is 37.7 Å². The Labute approximate surface area is 493 Å². The SMILES string of the molecule is CC(=O)OCC1O[C@H](O[C@H]2C(CO)O[C@@H](O[C@@H]3C(CO)O[C@@H](OCCCCCN)[C@@H](O)C3C)[C@@H](O)C2O)[C@@H](O)C(O[C@@H]2OC(CO)[C@H](O)C(O[C@@H]3OC(COC(C)=O)[C@H](O)C(O[C@@H]4C[C@@H](O)[C@@H](NC(=O)CO)C([C@H](O)[C@H](O)CO)O4)[C@@H]3O)[C@@H]2C)[C@H]1O. The molecule has 6 aliphatic heterocycles. The Morgan fingerprint density at radius 3 is 1.56 bits per heavy atom. The fourth-order valence-corrected chi connectivity index (χ4v) is 10.9. The van der Waals surface area contributed by atoms with Crippen molar-refractivity contribution in [2.75, 3.05) is 59.4 Å². The topological polar surface area (TPSA) is 542 Å². The van der Waals surface area contributed by atoms with Crippen LogP contribution in [0.15, 0.2) is 0 Å². The number of aliphatic hydroxyl groups is 16. The van der Waals surface area contributed by atoms with E-state index >= 15 is 0 Å². The van der Waals surface area contributed by atoms with Crippen molar-refractivity contribution in [2.24, 2.45) is 17.6 Å². The number of carbonyl (C=O) groups is 3. The maximum Gasteiger partial charge on any atom is 0.302 e. The Kier molecular flexibility index (Phi) is 28.2. The molecule has 0 bridgehead atoms. The van der Waals surface area contributed by atoms with E-state index in [0.717, 1.165) is 26.7 Å². The van der Waals surface area contributed by atoms with Gasteiger partial charge in [-0.05, 0) is 25.8 Å². The zero-order valence-electron chi connectivity index (χ0n) is 47.8. The summed E-state index contributed by atoms with van der Waals surface area (Å²) in [5.41, 5.74) is 5.55. The minimum absolute atomic E-state index is 0.212. The average molecular weight is 1260 g/mol. The van der Waals surface area contributed by atoms with Crippen LogP contribution in [0.2, 0.25) is 0 Å². The van der Waals surface area contributed by atoms with Gasteiger partial charge in [0, 0.05) is 38.7 Å². The van der Waals surface area contributed by atoms with E-state index in [-0.39, 0.29) is 6.61 Å². The Balaban J connectivity index is 1.20. The third-order valence-corrected chi connectivity index (χ3v) is 15.9. The number of amides is 1. The summed E-state index contributed by atoms with van der Waals surface area (Å²) in [6.07, 6.45) is -47.8. The van der Waals surface area contributed by atoms with Crippen LogP contribution >= 0.6 is 0 Å². The van der Waals surface area contributed by atoms with E-state index in [0.29, 0.717) is 13.0 Å². The van der Waals surface area contributed by atoms with Crippen LogP contribution in [-0.2, 0) is 80.7 Å². The van der Waals surface area contributed by atoms with Crippen LogP contribution in [-0.4, -0.2) is 337 Å². The van der Waals surface area contributed by atoms with E-state index < -0.39 is 260 Å². The Morgan fingerprint density at radius 2 is 1.01 bits per heavy atom. The van der Waals surface area contributed by atoms with Crippen molar-refractivity contribution in [3.05, 3.63) is 0 Å². The first-order chi connectivity index (χ1) is 40.8. The molecule has 0 aliphatic carbocycles. The standard InChI is InChI=1S/C51H88N2O33/c1-18-32(64)48(73-9-7-5-6-8-52)77-25(13-56)41(18)83-49-38(70)37(69)43(26(14-57)78-49)85-51-40(72)46(36(68)28(80-51)17-75-21(4)60)86-47-19(2)42(34(66)24(12-55)76-47)84-50-39(71)45(35(67)27(79-50)16-74-20(3)59)82-30-10-22(61)31(53-29(63)15-58)44(81-30)33(65)23(62)11-54/h18-19,22-28,30-51,54-58,61-62,64-72H,5-17,52H2,1-4H3,(H,53,63)/t18?,19-,22+,23+,24?,25?,26?,27?,28?,30+,31+,32-,33+,34-,35-,36-,37?,38-,39-,40-,41-,42?,43-,44?,45?,46?,47-,48+,49-,50-,51+/m0/s1. The summed E-state index contributed by atoms with van der Waals surface area (Å²) in [6.45, 7) is -0.406. The van der Waals surface area contributed by atoms with Gasteiger partial charge in [-0.25, -0.2) is 0 Å². The lowest BCUT2D eigenvalue weighted by molar-refractivity contribution is -0.392. The second-order valence-electron chi connectivity index (χ2n) is 22.1. The molecular weight excluding hydrogens is 1170 g/mol. The van der Waals surface area contributed by atoms with Crippen molar-refractivity contribution in [1.82, 2.24) is 5.32 Å². The molecule has 0 aromatic heterocycles. The Bertz CT molecular complexity index is 2060. The number of carbonyl (C=O) groups excluding carboxylic acids is 3. The van der Waals surface area contributed by atoms with Crippen LogP contribution in [0.25, 0.3) is 0 Å². The number of rotatable bonds is 28. The molecule has 35 heteroatoms. The molecule has 0 aromatic rings. The first-order valence-corrected chi connectivity index (χ1v) is 28.5. The van der Waals surface area contributed by atoms with Crippen molar-refractivity contribution in [2.45, 2.75) is 231 Å². The number of aliphatic hydroxyl groups excluding tert-OH is 16. The molecule has 6 rings (SSSR count). The third kappa shape index (κ3) is 17.6. The highest BCUT2D eigenvalue weighted by Crippen LogP contribution is 2.39. The fourth-order valence-electron chi connectivity index (χ4n) is 10.9. The first-order valence-electron chi connectivity index (χ1n) is 28.5. The van der Waals surface area contributed by atoms with Gasteiger partial charge in [0.2, 0.25) is 5.91 Å². The van der Waals surface area contributed by atoms with Gasteiger partial charge < -0.3 is 159 Å². The summed E-state index contributed by atoms with van der Waals surface area (Å²) in [5, 5.41) is 178. The summed E-state index contributed by atoms with van der Waals surface area (Å²) in [6, 6.07) is -1.53. The van der Waals surface area contributed by atoms with Crippen molar-refractivity contribution in [3.8, 4) is 0 Å². The van der Waals surface area contributed by atoms with Crippen LogP contribution in [0.1, 0.15) is 53.4 Å². The lowest BCUT2D eigenvalue weighted by atomic mass is 9.90. The molecule has 0 saturated carbocycles. The van der Waals surface area contributed by atoms with Gasteiger partial charge in [0.05, 0.1) is 50.8 Å². The molecule has 500 valence electrons. The van der Waals surface area contributed by atoms with E-state index in [9.17, 15) is 96.1 Å². The molecule has 6 aliphatic rings. The van der Waals surface area contributed by atoms with Crippen molar-refractivity contribution >= 4 is 17.8 Å². The maximum absolute atomic E-state index is 12.2. The highest BCUT2D eigenvalue weighted by Gasteiger charge is 2.57. The molecular formula is C51H88N2O33. The summed E-state index contributed by atoms with van der Waals surface area (Å²) in [7, 11) is 0. The minimum atomic E-state index is -2.15. The first kappa shape index (κ1) is 72.3. The van der Waals surface area contributed by atoms with Crippen LogP contribution in [0, 0.1) is 11.8 Å². The molecule has 86 heavy (non-hydrogen) atoms. The van der Waals surface area contributed by atoms with E-state index in [2.05, 4.69) is 5.32 Å². The average Bonchev–Trinajstić information content (AvgIpc) is 1.38. The number of ether oxygens (including phenoxy) is 14. The maximum atomic E-state index is 12.2. The number of nitrogens with two attached hydrogens (primary N) is 1. The van der Waals surface area contributed by atoms with E-state index in [4.69, 9.17) is 72.0 Å². The molecule has 6 heterocycles. The second-order valence-corrected chi connectivity index (χ2v) is 22.1. The molecule has 0 aromatic carbocycles. The molecule has 11 unspecified atom stereocenters. The van der Waals surface area contributed by atoms with E-state index in [1.165, 1.54) is 6.92 Å². The smallest absolute Gasteiger partial charge is 0.302 e. The van der Waals surface area contributed by atoms with Gasteiger partial charge in [-0.2, -0.15) is 0 Å². The molecule has 31 atom stereocenters. The highest BCUT2D eigenvalue weighted by atomic mass is 16.8. The lowest BCUT2D eigenvalue weighted by Crippen LogP contribution is -2.67. The number of esters is 2. The highest BCUT2D eigenvalue weighted by molar-refractivity contribution is 5.77. The fraction of sp³-hybridized carbons (Fsp3) is 0.941. The van der Waals surface area contributed by atoms with Gasteiger partial charge in [-0.15, -0.1) is 0 Å². The monoisotopic (exact) mass is 1260 g/mol. The molecule has 0 spiro atoms. The molecule has 0 radical (unpaired) electrons. The summed E-state index contributed by atoms with van der Waals surface area (Å²) in [5.74, 6) is -4.88. The van der Waals surface area contributed by atoms with Crippen molar-refractivity contribution < 1.29 is 162 Å². The minimum Gasteiger partial charge on any atom is -0.463 e. The molecule has 19 N–H and O–H groups in total. The Morgan fingerprint density at radius 1 is 0.523 bits per heavy atom. The van der Waals surface area contributed by atoms with Crippen LogP contribution < -0.4 is 11.1 Å². The number of hydrogen-bond donors (Lipinski definition) is 18. The zero-order valence-corrected chi connectivity index (χ0v) is 47.8. The number of unbranched alkanes of at least 4 members (excludes halogenated alkanes) is 2. The van der Waals surface area contributed by atoms with E-state index in [1.807, 2.05) is 0 Å². The predicted octanol–water partition coefficient (Wildman–Crippen LogP) is -10.4. The van der Waals surface area contributed by atoms with Gasteiger partial charge in [0.25, 0.3) is 0 Å². The van der Waals surface area contributed by atoms with Crippen molar-refractivity contribution in [3.63, 3.8) is 0 Å². The number of nitrogens with one attached hydrogen (secondary N) is 1. The van der Waals surface area contributed by atoms with Gasteiger partial charge in [0.1, 0.15) is 136 Å². The van der Waals surface area contributed by atoms with Gasteiger partial charge in [-0.3, -0.25) is 14.4 Å². The van der Waals surface area contributed by atoms with Crippen molar-refractivity contribution in [1.29, 1.82) is 0 Å². The lowest BCUT2D eigenvalue weighted by Gasteiger charge is -2.50. The third-order valence-electron chi connectivity index (χ3n) is 15.9. The Hall–Kier alpha value is -2.75. The van der Waals surface area contributed by atoms with Crippen LogP contribution in [0.4, 0.5) is 0 Å². The predicted molar refractivity (Wildman–Crippen MR) is 275 cm³/mol. The summed E-state index contributed by atoms with van der Waals surface area (Å²) >= 11 is 0. The number of hydrogen-bond acceptors (Lipinski definition) is 34.